The molecule has 2 N–H and O–H groups in total. The number of hydrogen-bond acceptors (Lipinski definition) is 3. The summed E-state index contributed by atoms with van der Waals surface area (Å²) in [6.45, 7) is 8.71. The molecule has 0 radical (unpaired) electrons. The van der Waals surface area contributed by atoms with Crippen LogP contribution in [0.4, 0.5) is 5.69 Å². The largest absolute Gasteiger partial charge is 0.399 e. The topological polar surface area (TPSA) is 41.6 Å². The zero-order valence-electron chi connectivity index (χ0n) is 19.9. The lowest BCUT2D eigenvalue weighted by Crippen LogP contribution is -2.34. The van der Waals surface area contributed by atoms with Crippen LogP contribution in [-0.4, -0.2) is 12.3 Å². The standard InChI is InChI=1S/C31H31N3/c1-21-8-11-24(12-9-21)25-13-10-22(2)28(19-25)29-20-33-16-14-31(29)34-17-15-26(32)18-23(3)27-6-4-5-7-30(27)34/h4-8,10-13,15-21,31H,3,9,14,32H2,1-2H3/b17-15-,26-18+. The van der Waals surface area contributed by atoms with Crippen molar-refractivity contribution in [2.45, 2.75) is 32.7 Å². The number of para-hydroxylation sites is 1. The van der Waals surface area contributed by atoms with Gasteiger partial charge in [0.15, 0.2) is 0 Å². The fourth-order valence-corrected chi connectivity index (χ4v) is 4.89. The van der Waals surface area contributed by atoms with Gasteiger partial charge in [-0.3, -0.25) is 4.99 Å². The third-order valence-corrected chi connectivity index (χ3v) is 6.83. The predicted octanol–water partition coefficient (Wildman–Crippen LogP) is 7.05. The minimum Gasteiger partial charge on any atom is -0.399 e. The summed E-state index contributed by atoms with van der Waals surface area (Å²) in [6, 6.07) is 15.3. The van der Waals surface area contributed by atoms with E-state index in [1.54, 1.807) is 0 Å². The summed E-state index contributed by atoms with van der Waals surface area (Å²) in [4.78, 5) is 6.91. The maximum absolute atomic E-state index is 6.26. The number of allylic oxidation sites excluding steroid dienone is 7. The molecule has 2 aliphatic heterocycles. The molecule has 2 atom stereocenters. The van der Waals surface area contributed by atoms with E-state index in [2.05, 4.69) is 97.2 Å². The Labute approximate surface area is 202 Å². The van der Waals surface area contributed by atoms with Gasteiger partial charge in [-0.05, 0) is 71.4 Å². The van der Waals surface area contributed by atoms with Gasteiger partial charge in [-0.15, -0.1) is 0 Å². The van der Waals surface area contributed by atoms with Crippen molar-refractivity contribution >= 4 is 28.6 Å². The Hall–Kier alpha value is -3.85. The van der Waals surface area contributed by atoms with Gasteiger partial charge in [0.1, 0.15) is 0 Å². The molecule has 34 heavy (non-hydrogen) atoms. The van der Waals surface area contributed by atoms with Crippen molar-refractivity contribution in [1.29, 1.82) is 0 Å². The van der Waals surface area contributed by atoms with E-state index in [0.29, 0.717) is 11.6 Å². The molecule has 0 bridgehead atoms. The third-order valence-electron chi connectivity index (χ3n) is 6.83. The van der Waals surface area contributed by atoms with Crippen LogP contribution in [0.3, 0.4) is 0 Å². The number of fused-ring (bicyclic) bond motifs is 1. The van der Waals surface area contributed by atoms with E-state index in [4.69, 9.17) is 5.73 Å². The molecule has 2 aromatic carbocycles. The van der Waals surface area contributed by atoms with Crippen LogP contribution in [0.5, 0.6) is 0 Å². The maximum Gasteiger partial charge on any atom is 0.0656 e. The van der Waals surface area contributed by atoms with Gasteiger partial charge in [-0.2, -0.15) is 0 Å². The molecule has 0 amide bonds. The molecule has 2 aromatic rings. The number of benzene rings is 2. The Morgan fingerprint density at radius 3 is 2.74 bits per heavy atom. The molecule has 5 rings (SSSR count). The molecule has 0 spiro atoms. The number of anilines is 1. The van der Waals surface area contributed by atoms with E-state index >= 15 is 0 Å². The van der Waals surface area contributed by atoms with Gasteiger partial charge in [0, 0.05) is 47.6 Å². The Balaban J connectivity index is 1.59. The van der Waals surface area contributed by atoms with Crippen molar-refractivity contribution in [3.63, 3.8) is 0 Å². The molecule has 1 aliphatic carbocycles. The van der Waals surface area contributed by atoms with E-state index in [1.165, 1.54) is 27.8 Å². The van der Waals surface area contributed by atoms with Crippen molar-refractivity contribution in [3.05, 3.63) is 120 Å². The van der Waals surface area contributed by atoms with Crippen LogP contribution >= 0.6 is 0 Å². The minimum absolute atomic E-state index is 0.0958. The predicted molar refractivity (Wildman–Crippen MR) is 146 cm³/mol. The highest BCUT2D eigenvalue weighted by Gasteiger charge is 2.27. The molecular formula is C31H31N3. The highest BCUT2D eigenvalue weighted by Crippen LogP contribution is 2.38. The summed E-state index contributed by atoms with van der Waals surface area (Å²) >= 11 is 0. The third kappa shape index (κ3) is 4.22. The van der Waals surface area contributed by atoms with Crippen LogP contribution < -0.4 is 10.6 Å². The summed E-state index contributed by atoms with van der Waals surface area (Å²) < 4.78 is 0. The smallest absolute Gasteiger partial charge is 0.0656 e. The number of hydrogen-bond donors (Lipinski definition) is 1. The molecule has 0 aromatic heterocycles. The lowest BCUT2D eigenvalue weighted by atomic mass is 9.87. The number of rotatable bonds is 3. The second-order valence-corrected chi connectivity index (χ2v) is 9.34. The highest BCUT2D eigenvalue weighted by molar-refractivity contribution is 5.88. The Kier molecular flexibility index (Phi) is 5.93. The second-order valence-electron chi connectivity index (χ2n) is 9.34. The van der Waals surface area contributed by atoms with Gasteiger partial charge in [-0.25, -0.2) is 0 Å². The van der Waals surface area contributed by atoms with Gasteiger partial charge < -0.3 is 10.6 Å². The first-order chi connectivity index (χ1) is 16.5. The highest BCUT2D eigenvalue weighted by atomic mass is 15.2. The van der Waals surface area contributed by atoms with Crippen molar-refractivity contribution in [2.75, 3.05) is 4.90 Å². The normalized spacial score (nSPS) is 24.4. The van der Waals surface area contributed by atoms with E-state index < -0.39 is 0 Å². The zero-order valence-corrected chi connectivity index (χ0v) is 19.9. The average Bonchev–Trinajstić information content (AvgIpc) is 2.85. The Morgan fingerprint density at radius 2 is 1.91 bits per heavy atom. The van der Waals surface area contributed by atoms with Crippen LogP contribution in [0.15, 0.2) is 103 Å². The van der Waals surface area contributed by atoms with Gasteiger partial charge in [-0.1, -0.05) is 62.1 Å². The fourth-order valence-electron chi connectivity index (χ4n) is 4.89. The molecule has 0 fully saturated rings. The molecule has 2 unspecified atom stereocenters. The second kappa shape index (κ2) is 9.18. The quantitative estimate of drug-likeness (QED) is 0.550. The minimum atomic E-state index is 0.0958. The van der Waals surface area contributed by atoms with E-state index in [0.717, 1.165) is 29.7 Å². The maximum atomic E-state index is 6.26. The van der Waals surface area contributed by atoms with Crippen LogP contribution in [0.1, 0.15) is 42.0 Å². The van der Waals surface area contributed by atoms with Crippen LogP contribution in [0.25, 0.3) is 16.7 Å². The summed E-state index contributed by atoms with van der Waals surface area (Å²) in [5.41, 5.74) is 16.3. The SMILES string of the molecule is C=C1/C=C(N)\C=C/N(C2CC=NC=C2c2cc(C3=CCC(C)C=C3)ccc2C)c2ccccc21. The van der Waals surface area contributed by atoms with Crippen molar-refractivity contribution in [3.8, 4) is 0 Å². The number of aliphatic imine (C=N–C) groups is 1. The van der Waals surface area contributed by atoms with Gasteiger partial charge in [0.2, 0.25) is 0 Å². The molecule has 3 nitrogen and oxygen atoms in total. The number of nitrogens with zero attached hydrogens (tertiary/aromatic N) is 2. The van der Waals surface area contributed by atoms with Gasteiger partial charge >= 0.3 is 0 Å². The lowest BCUT2D eigenvalue weighted by molar-refractivity contribution is 0.739. The summed E-state index contributed by atoms with van der Waals surface area (Å²) in [5.74, 6) is 0.601. The molecular weight excluding hydrogens is 414 g/mol. The molecule has 3 aliphatic rings. The first-order valence-electron chi connectivity index (χ1n) is 11.9. The zero-order chi connectivity index (χ0) is 23.7. The lowest BCUT2D eigenvalue weighted by Gasteiger charge is -2.35. The van der Waals surface area contributed by atoms with E-state index in [1.807, 2.05) is 24.6 Å². The van der Waals surface area contributed by atoms with Gasteiger partial charge in [0.05, 0.1) is 6.04 Å². The van der Waals surface area contributed by atoms with E-state index in [-0.39, 0.29) is 6.04 Å². The number of aryl methyl sites for hydroxylation is 1. The van der Waals surface area contributed by atoms with E-state index in [9.17, 15) is 0 Å². The number of nitrogens with two attached hydrogens (primary N) is 1. The van der Waals surface area contributed by atoms with Crippen LogP contribution in [0, 0.1) is 12.8 Å². The van der Waals surface area contributed by atoms with Gasteiger partial charge in [0.25, 0.3) is 0 Å². The molecule has 0 saturated carbocycles. The van der Waals surface area contributed by atoms with Crippen LogP contribution in [0.2, 0.25) is 0 Å². The summed E-state index contributed by atoms with van der Waals surface area (Å²) in [5, 5.41) is 0. The van der Waals surface area contributed by atoms with Crippen molar-refractivity contribution in [1.82, 2.24) is 0 Å². The first kappa shape index (κ1) is 22.0. The Bertz CT molecular complexity index is 1320. The fraction of sp³-hybridized carbons (Fsp3) is 0.194. The average molecular weight is 446 g/mol. The summed E-state index contributed by atoms with van der Waals surface area (Å²) in [7, 11) is 0. The molecule has 3 heteroatoms. The van der Waals surface area contributed by atoms with Crippen LogP contribution in [-0.2, 0) is 0 Å². The van der Waals surface area contributed by atoms with Crippen molar-refractivity contribution in [2.24, 2.45) is 16.6 Å². The molecule has 0 saturated heterocycles. The monoisotopic (exact) mass is 445 g/mol. The Morgan fingerprint density at radius 1 is 1.06 bits per heavy atom. The first-order valence-corrected chi connectivity index (χ1v) is 11.9. The summed E-state index contributed by atoms with van der Waals surface area (Å²) in [6.07, 6.45) is 18.8. The molecule has 2 heterocycles. The van der Waals surface area contributed by atoms with Crippen molar-refractivity contribution < 1.29 is 0 Å². The molecule has 170 valence electrons.